The third-order valence-corrected chi connectivity index (χ3v) is 3.39. The van der Waals surface area contributed by atoms with Gasteiger partial charge >= 0.3 is 0 Å². The first kappa shape index (κ1) is 11.0. The molecule has 4 heteroatoms. The van der Waals surface area contributed by atoms with Crippen molar-refractivity contribution < 1.29 is 0 Å². The fraction of sp³-hybridized carbons (Fsp3) is 0. The summed E-state index contributed by atoms with van der Waals surface area (Å²) < 4.78 is 1.49. The minimum Gasteiger partial charge on any atom is -0.289 e. The molecular formula is C16H11N3O. The summed E-state index contributed by atoms with van der Waals surface area (Å²) in [6.07, 6.45) is 0. The van der Waals surface area contributed by atoms with Crippen molar-refractivity contribution >= 4 is 16.6 Å². The highest BCUT2D eigenvalue weighted by atomic mass is 16.1. The van der Waals surface area contributed by atoms with Crippen LogP contribution in [0.4, 0.5) is 0 Å². The second-order valence-electron chi connectivity index (χ2n) is 4.66. The van der Waals surface area contributed by atoms with Gasteiger partial charge < -0.3 is 0 Å². The Bertz CT molecular complexity index is 967. The van der Waals surface area contributed by atoms with Crippen LogP contribution in [0.5, 0.6) is 0 Å². The van der Waals surface area contributed by atoms with Crippen LogP contribution in [0.3, 0.4) is 0 Å². The van der Waals surface area contributed by atoms with Crippen molar-refractivity contribution in [3.05, 3.63) is 71.0 Å². The summed E-state index contributed by atoms with van der Waals surface area (Å²) in [6, 6.07) is 19.2. The highest BCUT2D eigenvalue weighted by Crippen LogP contribution is 2.18. The highest BCUT2D eigenvalue weighted by Gasteiger charge is 2.08. The van der Waals surface area contributed by atoms with Crippen LogP contribution < -0.4 is 5.56 Å². The molecule has 0 aliphatic heterocycles. The summed E-state index contributed by atoms with van der Waals surface area (Å²) in [6.45, 7) is 0. The van der Waals surface area contributed by atoms with Gasteiger partial charge in [-0.25, -0.2) is 9.50 Å². The molecule has 0 spiro atoms. The van der Waals surface area contributed by atoms with Crippen LogP contribution in [-0.2, 0) is 0 Å². The van der Waals surface area contributed by atoms with E-state index in [0.29, 0.717) is 11.0 Å². The fourth-order valence-electron chi connectivity index (χ4n) is 2.40. The molecule has 1 N–H and O–H groups in total. The topological polar surface area (TPSA) is 50.2 Å². The zero-order valence-electron chi connectivity index (χ0n) is 10.6. The van der Waals surface area contributed by atoms with E-state index in [4.69, 9.17) is 0 Å². The third kappa shape index (κ3) is 1.55. The third-order valence-electron chi connectivity index (χ3n) is 3.39. The van der Waals surface area contributed by atoms with Crippen LogP contribution in [0.25, 0.3) is 27.8 Å². The lowest BCUT2D eigenvalue weighted by Gasteiger charge is -1.97. The molecule has 0 aliphatic rings. The normalized spacial score (nSPS) is 11.2. The molecule has 4 aromatic rings. The molecular weight excluding hydrogens is 250 g/mol. The maximum atomic E-state index is 12.4. The minimum atomic E-state index is -0.0761. The summed E-state index contributed by atoms with van der Waals surface area (Å²) >= 11 is 0. The minimum absolute atomic E-state index is 0.0761. The average Bonchev–Trinajstić information content (AvgIpc) is 2.93. The Hall–Kier alpha value is -2.88. The van der Waals surface area contributed by atoms with Crippen molar-refractivity contribution in [1.29, 1.82) is 0 Å². The number of nitrogens with one attached hydrogen (secondary N) is 1. The van der Waals surface area contributed by atoms with E-state index in [0.717, 1.165) is 16.8 Å². The molecule has 96 valence electrons. The summed E-state index contributed by atoms with van der Waals surface area (Å²) in [5, 5.41) is 3.73. The molecule has 0 radical (unpaired) electrons. The standard InChI is InChI=1S/C16H11N3O/c20-16-12-8-4-5-9-13(12)17-15-10-14(18-19(15)16)11-6-2-1-3-7-11/h1-10,18H. The van der Waals surface area contributed by atoms with E-state index in [-0.39, 0.29) is 5.56 Å². The highest BCUT2D eigenvalue weighted by molar-refractivity contribution is 5.80. The van der Waals surface area contributed by atoms with E-state index >= 15 is 0 Å². The molecule has 20 heavy (non-hydrogen) atoms. The molecule has 2 aromatic carbocycles. The number of benzene rings is 2. The van der Waals surface area contributed by atoms with Crippen LogP contribution >= 0.6 is 0 Å². The van der Waals surface area contributed by atoms with Gasteiger partial charge in [0.05, 0.1) is 16.6 Å². The number of fused-ring (bicyclic) bond motifs is 2. The van der Waals surface area contributed by atoms with E-state index in [1.54, 1.807) is 6.07 Å². The van der Waals surface area contributed by atoms with Gasteiger partial charge in [-0.3, -0.25) is 9.89 Å². The molecule has 0 fully saturated rings. The van der Waals surface area contributed by atoms with Crippen LogP contribution in [0.1, 0.15) is 0 Å². The molecule has 0 amide bonds. The Balaban J connectivity index is 2.07. The lowest BCUT2D eigenvalue weighted by molar-refractivity contribution is 0.919. The van der Waals surface area contributed by atoms with E-state index in [1.807, 2.05) is 54.6 Å². The second kappa shape index (κ2) is 4.06. The van der Waals surface area contributed by atoms with Crippen molar-refractivity contribution in [2.75, 3.05) is 0 Å². The van der Waals surface area contributed by atoms with E-state index in [1.165, 1.54) is 4.52 Å². The summed E-state index contributed by atoms with van der Waals surface area (Å²) in [4.78, 5) is 16.9. The van der Waals surface area contributed by atoms with Gasteiger partial charge in [-0.2, -0.15) is 0 Å². The van der Waals surface area contributed by atoms with Gasteiger partial charge in [0, 0.05) is 6.07 Å². The lowest BCUT2D eigenvalue weighted by Crippen LogP contribution is -2.15. The molecule has 0 unspecified atom stereocenters. The Morgan fingerprint density at radius 3 is 2.55 bits per heavy atom. The maximum Gasteiger partial charge on any atom is 0.280 e. The Morgan fingerprint density at radius 2 is 1.70 bits per heavy atom. The predicted molar refractivity (Wildman–Crippen MR) is 78.8 cm³/mol. The van der Waals surface area contributed by atoms with Gasteiger partial charge in [-0.15, -0.1) is 0 Å². The van der Waals surface area contributed by atoms with Crippen LogP contribution in [0.2, 0.25) is 0 Å². The van der Waals surface area contributed by atoms with Crippen LogP contribution in [0, 0.1) is 0 Å². The number of aromatic nitrogens is 3. The molecule has 0 atom stereocenters. The zero-order chi connectivity index (χ0) is 13.5. The van der Waals surface area contributed by atoms with E-state index < -0.39 is 0 Å². The lowest BCUT2D eigenvalue weighted by atomic mass is 10.2. The fourth-order valence-corrected chi connectivity index (χ4v) is 2.40. The quantitative estimate of drug-likeness (QED) is 0.573. The Labute approximate surface area is 114 Å². The van der Waals surface area contributed by atoms with Crippen molar-refractivity contribution in [3.63, 3.8) is 0 Å². The summed E-state index contributed by atoms with van der Waals surface area (Å²) in [5.74, 6) is 0. The van der Waals surface area contributed by atoms with Gasteiger partial charge in [-0.05, 0) is 17.7 Å². The number of para-hydroxylation sites is 1. The monoisotopic (exact) mass is 261 g/mol. The first-order valence-corrected chi connectivity index (χ1v) is 6.39. The first-order chi connectivity index (χ1) is 9.83. The molecule has 0 aliphatic carbocycles. The van der Waals surface area contributed by atoms with Crippen molar-refractivity contribution in [3.8, 4) is 11.3 Å². The number of H-pyrrole nitrogens is 1. The smallest absolute Gasteiger partial charge is 0.280 e. The second-order valence-corrected chi connectivity index (χ2v) is 4.66. The van der Waals surface area contributed by atoms with Gasteiger partial charge in [-0.1, -0.05) is 42.5 Å². The van der Waals surface area contributed by atoms with Gasteiger partial charge in [0.15, 0.2) is 5.65 Å². The Morgan fingerprint density at radius 1 is 0.950 bits per heavy atom. The van der Waals surface area contributed by atoms with Crippen molar-refractivity contribution in [2.45, 2.75) is 0 Å². The molecule has 2 aromatic heterocycles. The number of rotatable bonds is 1. The summed E-state index contributed by atoms with van der Waals surface area (Å²) in [7, 11) is 0. The van der Waals surface area contributed by atoms with Gasteiger partial charge in [0.1, 0.15) is 0 Å². The van der Waals surface area contributed by atoms with Crippen LogP contribution in [-0.4, -0.2) is 14.6 Å². The van der Waals surface area contributed by atoms with Gasteiger partial charge in [0.25, 0.3) is 5.56 Å². The SMILES string of the molecule is O=c1c2ccccc2nc2cc(-c3ccccc3)[nH]n12. The largest absolute Gasteiger partial charge is 0.289 e. The predicted octanol–water partition coefficient (Wildman–Crippen LogP) is 2.84. The molecule has 0 saturated heterocycles. The van der Waals surface area contributed by atoms with Crippen molar-refractivity contribution in [2.24, 2.45) is 0 Å². The zero-order valence-corrected chi connectivity index (χ0v) is 10.6. The summed E-state index contributed by atoms with van der Waals surface area (Å²) in [5.41, 5.74) is 3.18. The molecule has 4 rings (SSSR count). The van der Waals surface area contributed by atoms with Crippen LogP contribution in [0.15, 0.2) is 65.5 Å². The van der Waals surface area contributed by atoms with E-state index in [2.05, 4.69) is 10.1 Å². The first-order valence-electron chi connectivity index (χ1n) is 6.39. The number of nitrogens with zero attached hydrogens (tertiary/aromatic N) is 2. The number of hydrogen-bond acceptors (Lipinski definition) is 2. The molecule has 4 nitrogen and oxygen atoms in total. The number of hydrogen-bond donors (Lipinski definition) is 1. The number of aromatic amines is 1. The Kier molecular flexibility index (Phi) is 2.23. The maximum absolute atomic E-state index is 12.4. The molecule has 0 saturated carbocycles. The van der Waals surface area contributed by atoms with Crippen molar-refractivity contribution in [1.82, 2.24) is 14.6 Å². The average molecular weight is 261 g/mol. The molecule has 0 bridgehead atoms. The van der Waals surface area contributed by atoms with Gasteiger partial charge in [0.2, 0.25) is 0 Å². The van der Waals surface area contributed by atoms with E-state index in [9.17, 15) is 4.79 Å². The molecule has 2 heterocycles.